The number of carbonyl (C=O) groups is 2. The molecule has 1 atom stereocenters. The summed E-state index contributed by atoms with van der Waals surface area (Å²) in [7, 11) is 1.80. The highest BCUT2D eigenvalue weighted by atomic mass is 16.5. The van der Waals surface area contributed by atoms with Gasteiger partial charge >= 0.3 is 12.0 Å². The van der Waals surface area contributed by atoms with Crippen LogP contribution in [0.5, 0.6) is 0 Å². The summed E-state index contributed by atoms with van der Waals surface area (Å²) in [6, 6.07) is 0.0304. The summed E-state index contributed by atoms with van der Waals surface area (Å²) in [6.07, 6.45) is 4.32. The van der Waals surface area contributed by atoms with Gasteiger partial charge in [-0.3, -0.25) is 4.79 Å². The first kappa shape index (κ1) is 16.1. The molecule has 1 saturated heterocycles. The first-order valence-electron chi connectivity index (χ1n) is 7.86. The Morgan fingerprint density at radius 2 is 2.05 bits per heavy atom. The number of urea groups is 1. The summed E-state index contributed by atoms with van der Waals surface area (Å²) in [5, 5.41) is 8.70. The lowest BCUT2D eigenvalue weighted by molar-refractivity contribution is -0.137. The minimum atomic E-state index is -0.760. The van der Waals surface area contributed by atoms with Crippen LogP contribution in [0.15, 0.2) is 0 Å². The summed E-state index contributed by atoms with van der Waals surface area (Å²) in [5.74, 6) is 0.314. The second-order valence-corrected chi connectivity index (χ2v) is 6.26. The maximum absolute atomic E-state index is 12.2. The number of likely N-dealkylation sites (N-methyl/N-ethyl adjacent to an activating group) is 1. The molecule has 6 nitrogen and oxygen atoms in total. The van der Waals surface area contributed by atoms with Gasteiger partial charge in [0.15, 0.2) is 0 Å². The molecule has 1 unspecified atom stereocenters. The predicted octanol–water partition coefficient (Wildman–Crippen LogP) is 1.65. The van der Waals surface area contributed by atoms with E-state index in [1.807, 2.05) is 4.90 Å². The van der Waals surface area contributed by atoms with Gasteiger partial charge < -0.3 is 19.6 Å². The number of carbonyl (C=O) groups excluding carboxylic acids is 1. The van der Waals surface area contributed by atoms with Crippen LogP contribution >= 0.6 is 0 Å². The van der Waals surface area contributed by atoms with E-state index in [1.54, 1.807) is 11.9 Å². The van der Waals surface area contributed by atoms with Crippen LogP contribution < -0.4 is 0 Å². The molecule has 1 heterocycles. The molecule has 0 aromatic carbocycles. The van der Waals surface area contributed by atoms with Crippen LogP contribution in [-0.4, -0.2) is 66.8 Å². The quantitative estimate of drug-likeness (QED) is 0.692. The molecule has 1 saturated carbocycles. The van der Waals surface area contributed by atoms with E-state index in [9.17, 15) is 9.59 Å². The van der Waals surface area contributed by atoms with E-state index in [-0.39, 0.29) is 12.5 Å². The fraction of sp³-hybridized carbons (Fsp3) is 0.867. The number of nitrogens with zero attached hydrogens (tertiary/aromatic N) is 2. The Morgan fingerprint density at radius 3 is 2.71 bits per heavy atom. The van der Waals surface area contributed by atoms with Crippen molar-refractivity contribution in [2.75, 3.05) is 39.9 Å². The molecule has 0 spiro atoms. The van der Waals surface area contributed by atoms with Crippen LogP contribution in [0.4, 0.5) is 4.79 Å². The third-order valence-corrected chi connectivity index (χ3v) is 4.27. The third kappa shape index (κ3) is 5.53. The van der Waals surface area contributed by atoms with Crippen molar-refractivity contribution in [3.05, 3.63) is 0 Å². The number of likely N-dealkylation sites (tertiary alicyclic amines) is 1. The molecular formula is C15H26N2O4. The maximum atomic E-state index is 12.2. The van der Waals surface area contributed by atoms with E-state index in [1.165, 1.54) is 12.8 Å². The fourth-order valence-electron chi connectivity index (χ4n) is 2.64. The van der Waals surface area contributed by atoms with Gasteiger partial charge in [0.05, 0.1) is 6.61 Å². The number of aliphatic carboxylic acids is 1. The number of hydrogen-bond acceptors (Lipinski definition) is 3. The number of hydrogen-bond donors (Lipinski definition) is 1. The lowest BCUT2D eigenvalue weighted by atomic mass is 10.0. The van der Waals surface area contributed by atoms with E-state index in [0.717, 1.165) is 25.5 Å². The van der Waals surface area contributed by atoms with Crippen molar-refractivity contribution in [1.29, 1.82) is 0 Å². The van der Waals surface area contributed by atoms with Crippen molar-refractivity contribution in [1.82, 2.24) is 9.80 Å². The third-order valence-electron chi connectivity index (χ3n) is 4.27. The van der Waals surface area contributed by atoms with E-state index >= 15 is 0 Å². The lowest BCUT2D eigenvalue weighted by Gasteiger charge is -2.24. The number of carboxylic acid groups (broad SMARTS) is 1. The molecule has 1 aliphatic carbocycles. The highest BCUT2D eigenvalue weighted by Gasteiger charge is 2.28. The highest BCUT2D eigenvalue weighted by Crippen LogP contribution is 2.28. The van der Waals surface area contributed by atoms with E-state index in [0.29, 0.717) is 32.0 Å². The SMILES string of the molecule is CN(CCOCC1CC1)C(=O)N1CCC(CCC(=O)O)C1. The van der Waals surface area contributed by atoms with Gasteiger partial charge in [0.2, 0.25) is 0 Å². The smallest absolute Gasteiger partial charge is 0.319 e. The zero-order valence-electron chi connectivity index (χ0n) is 12.8. The molecule has 120 valence electrons. The monoisotopic (exact) mass is 298 g/mol. The average Bonchev–Trinajstić information content (AvgIpc) is 3.16. The van der Waals surface area contributed by atoms with E-state index < -0.39 is 5.97 Å². The van der Waals surface area contributed by atoms with Crippen LogP contribution in [0, 0.1) is 11.8 Å². The Kier molecular flexibility index (Phi) is 5.85. The predicted molar refractivity (Wildman–Crippen MR) is 78.1 cm³/mol. The first-order chi connectivity index (χ1) is 10.1. The molecule has 0 radical (unpaired) electrons. The molecule has 0 aromatic rings. The number of amides is 2. The molecule has 0 aromatic heterocycles. The average molecular weight is 298 g/mol. The summed E-state index contributed by atoms with van der Waals surface area (Å²) in [6.45, 7) is 3.44. The molecular weight excluding hydrogens is 272 g/mol. The summed E-state index contributed by atoms with van der Waals surface area (Å²) in [5.41, 5.74) is 0. The van der Waals surface area contributed by atoms with Gasteiger partial charge in [0.1, 0.15) is 0 Å². The zero-order valence-corrected chi connectivity index (χ0v) is 12.8. The molecule has 6 heteroatoms. The molecule has 2 fully saturated rings. The van der Waals surface area contributed by atoms with Crippen LogP contribution in [0.1, 0.15) is 32.1 Å². The number of ether oxygens (including phenoxy) is 1. The summed E-state index contributed by atoms with van der Waals surface area (Å²) < 4.78 is 5.55. The Morgan fingerprint density at radius 1 is 1.29 bits per heavy atom. The van der Waals surface area contributed by atoms with Crippen LogP contribution in [0.25, 0.3) is 0 Å². The first-order valence-corrected chi connectivity index (χ1v) is 7.86. The van der Waals surface area contributed by atoms with E-state index in [2.05, 4.69) is 0 Å². The number of carboxylic acids is 1. The van der Waals surface area contributed by atoms with Crippen LogP contribution in [0.3, 0.4) is 0 Å². The van der Waals surface area contributed by atoms with Crippen molar-refractivity contribution >= 4 is 12.0 Å². The van der Waals surface area contributed by atoms with Gasteiger partial charge in [0.25, 0.3) is 0 Å². The van der Waals surface area contributed by atoms with Crippen molar-refractivity contribution in [3.63, 3.8) is 0 Å². The molecule has 2 aliphatic rings. The van der Waals surface area contributed by atoms with Gasteiger partial charge in [-0.2, -0.15) is 0 Å². The van der Waals surface area contributed by atoms with Crippen LogP contribution in [-0.2, 0) is 9.53 Å². The Labute approximate surface area is 126 Å². The second-order valence-electron chi connectivity index (χ2n) is 6.26. The van der Waals surface area contributed by atoms with Gasteiger partial charge in [0, 0.05) is 39.7 Å². The largest absolute Gasteiger partial charge is 0.481 e. The van der Waals surface area contributed by atoms with Gasteiger partial charge in [-0.1, -0.05) is 0 Å². The van der Waals surface area contributed by atoms with Crippen molar-refractivity contribution < 1.29 is 19.4 Å². The lowest BCUT2D eigenvalue weighted by Crippen LogP contribution is -2.41. The second kappa shape index (κ2) is 7.64. The topological polar surface area (TPSA) is 70.1 Å². The van der Waals surface area contributed by atoms with Crippen molar-refractivity contribution in [2.24, 2.45) is 11.8 Å². The highest BCUT2D eigenvalue weighted by molar-refractivity contribution is 5.74. The normalized spacial score (nSPS) is 21.6. The maximum Gasteiger partial charge on any atom is 0.319 e. The molecule has 0 bridgehead atoms. The van der Waals surface area contributed by atoms with Gasteiger partial charge in [-0.05, 0) is 37.5 Å². The summed E-state index contributed by atoms with van der Waals surface area (Å²) in [4.78, 5) is 26.4. The molecule has 1 N–H and O–H groups in total. The van der Waals surface area contributed by atoms with Crippen LogP contribution in [0.2, 0.25) is 0 Å². The molecule has 2 amide bonds. The minimum absolute atomic E-state index is 0.0304. The Balaban J connectivity index is 1.61. The summed E-state index contributed by atoms with van der Waals surface area (Å²) >= 11 is 0. The zero-order chi connectivity index (χ0) is 15.2. The van der Waals surface area contributed by atoms with Gasteiger partial charge in [-0.25, -0.2) is 4.79 Å². The van der Waals surface area contributed by atoms with Crippen molar-refractivity contribution in [3.8, 4) is 0 Å². The Bertz CT molecular complexity index is 371. The molecule has 21 heavy (non-hydrogen) atoms. The Hall–Kier alpha value is -1.30. The van der Waals surface area contributed by atoms with Crippen molar-refractivity contribution in [2.45, 2.75) is 32.1 Å². The number of rotatable bonds is 8. The fourth-order valence-corrected chi connectivity index (χ4v) is 2.64. The van der Waals surface area contributed by atoms with Gasteiger partial charge in [-0.15, -0.1) is 0 Å². The standard InChI is InChI=1S/C15H26N2O4/c1-16(8-9-21-11-13-2-3-13)15(20)17-7-6-12(10-17)4-5-14(18)19/h12-13H,2-11H2,1H3,(H,18,19). The minimum Gasteiger partial charge on any atom is -0.481 e. The van der Waals surface area contributed by atoms with E-state index in [4.69, 9.17) is 9.84 Å². The molecule has 2 rings (SSSR count). The molecule has 1 aliphatic heterocycles.